The van der Waals surface area contributed by atoms with Crippen LogP contribution in [0.25, 0.3) is 5.69 Å². The Kier molecular flexibility index (Phi) is 3.82. The minimum atomic E-state index is -0.0890. The molecule has 2 N–H and O–H groups in total. The van der Waals surface area contributed by atoms with Crippen molar-refractivity contribution in [3.05, 3.63) is 74.6 Å². The number of aromatic nitrogens is 2. The Morgan fingerprint density at radius 1 is 1.25 bits per heavy atom. The predicted molar refractivity (Wildman–Crippen MR) is 93.9 cm³/mol. The van der Waals surface area contributed by atoms with Gasteiger partial charge in [0.15, 0.2) is 0 Å². The summed E-state index contributed by atoms with van der Waals surface area (Å²) < 4.78 is 1.94. The average molecular weight is 339 g/mol. The summed E-state index contributed by atoms with van der Waals surface area (Å²) in [5, 5.41) is 5.06. The molecule has 5 nitrogen and oxygen atoms in total. The molecule has 0 spiro atoms. The van der Waals surface area contributed by atoms with Gasteiger partial charge in [0, 0.05) is 24.2 Å². The second kappa shape index (κ2) is 6.13. The van der Waals surface area contributed by atoms with Gasteiger partial charge in [-0.15, -0.1) is 11.3 Å². The Morgan fingerprint density at radius 2 is 2.08 bits per heavy atom. The van der Waals surface area contributed by atoms with Crippen LogP contribution in [0.2, 0.25) is 0 Å². The fourth-order valence-corrected chi connectivity index (χ4v) is 4.04. The fraction of sp³-hybridized carbons (Fsp3) is 0.222. The number of nitrogens with one attached hydrogen (secondary N) is 2. The van der Waals surface area contributed by atoms with Crippen molar-refractivity contribution in [2.45, 2.75) is 25.3 Å². The first-order valence-corrected chi connectivity index (χ1v) is 8.84. The molecule has 3 heterocycles. The van der Waals surface area contributed by atoms with E-state index in [9.17, 15) is 9.59 Å². The van der Waals surface area contributed by atoms with Crippen molar-refractivity contribution in [2.24, 2.45) is 0 Å². The molecule has 122 valence electrons. The van der Waals surface area contributed by atoms with Crippen LogP contribution in [0.4, 0.5) is 0 Å². The van der Waals surface area contributed by atoms with Gasteiger partial charge in [0.1, 0.15) is 4.88 Å². The van der Waals surface area contributed by atoms with Crippen LogP contribution >= 0.6 is 11.3 Å². The highest BCUT2D eigenvalue weighted by molar-refractivity contribution is 7.12. The highest BCUT2D eigenvalue weighted by Crippen LogP contribution is 2.29. The van der Waals surface area contributed by atoms with E-state index in [1.807, 2.05) is 46.6 Å². The number of fused-ring (bicyclic) bond motifs is 1. The third-order valence-electron chi connectivity index (χ3n) is 4.37. The maximum Gasteiger partial charge on any atom is 0.263 e. The second-order valence-electron chi connectivity index (χ2n) is 5.90. The summed E-state index contributed by atoms with van der Waals surface area (Å²) in [5.74, 6) is -0.0715. The third kappa shape index (κ3) is 2.69. The Morgan fingerprint density at radius 3 is 2.92 bits per heavy atom. The number of hydrogen-bond acceptors (Lipinski definition) is 3. The summed E-state index contributed by atoms with van der Waals surface area (Å²) in [6, 6.07) is 9.13. The van der Waals surface area contributed by atoms with Gasteiger partial charge in [-0.25, -0.2) is 0 Å². The molecule has 0 radical (unpaired) electrons. The maximum atomic E-state index is 12.8. The van der Waals surface area contributed by atoms with Gasteiger partial charge in [0.2, 0.25) is 5.56 Å². The molecule has 0 bridgehead atoms. The van der Waals surface area contributed by atoms with E-state index in [-0.39, 0.29) is 17.5 Å². The second-order valence-corrected chi connectivity index (χ2v) is 6.82. The summed E-state index contributed by atoms with van der Waals surface area (Å²) in [6.45, 7) is 0. The molecule has 3 aromatic heterocycles. The Balaban J connectivity index is 1.61. The minimum Gasteiger partial charge on any atom is -0.344 e. The van der Waals surface area contributed by atoms with Gasteiger partial charge in [-0.3, -0.25) is 9.59 Å². The summed E-state index contributed by atoms with van der Waals surface area (Å²) in [5.41, 5.74) is 2.76. The molecule has 3 aromatic rings. The van der Waals surface area contributed by atoms with E-state index in [1.54, 1.807) is 0 Å². The van der Waals surface area contributed by atoms with Crippen LogP contribution in [0.1, 0.15) is 39.8 Å². The average Bonchev–Trinajstić information content (AvgIpc) is 3.25. The number of thiophene rings is 1. The molecule has 1 unspecified atom stereocenters. The fourth-order valence-electron chi connectivity index (χ4n) is 3.24. The topological polar surface area (TPSA) is 66.9 Å². The van der Waals surface area contributed by atoms with E-state index in [1.165, 1.54) is 17.4 Å². The first-order valence-electron chi connectivity index (χ1n) is 7.96. The number of aryl methyl sites for hydroxylation is 1. The SMILES string of the molecule is O=C(NC1CCCc2[nH]c(=O)ccc21)c1sccc1-n1cccc1. The lowest BCUT2D eigenvalue weighted by atomic mass is 9.91. The Hall–Kier alpha value is -2.60. The van der Waals surface area contributed by atoms with Crippen molar-refractivity contribution in [3.63, 3.8) is 0 Å². The molecular formula is C18H17N3O2S. The van der Waals surface area contributed by atoms with Crippen molar-refractivity contribution in [3.8, 4) is 5.69 Å². The highest BCUT2D eigenvalue weighted by Gasteiger charge is 2.24. The van der Waals surface area contributed by atoms with E-state index in [2.05, 4.69) is 10.3 Å². The minimum absolute atomic E-state index is 0.0577. The number of nitrogens with zero attached hydrogens (tertiary/aromatic N) is 1. The number of pyridine rings is 1. The molecule has 1 atom stereocenters. The molecular weight excluding hydrogens is 322 g/mol. The number of hydrogen-bond donors (Lipinski definition) is 2. The van der Waals surface area contributed by atoms with Crippen LogP contribution in [0.15, 0.2) is 52.9 Å². The van der Waals surface area contributed by atoms with Gasteiger partial charge < -0.3 is 14.9 Å². The van der Waals surface area contributed by atoms with E-state index < -0.39 is 0 Å². The quantitative estimate of drug-likeness (QED) is 0.770. The van der Waals surface area contributed by atoms with E-state index in [0.717, 1.165) is 36.2 Å². The largest absolute Gasteiger partial charge is 0.344 e. The van der Waals surface area contributed by atoms with Gasteiger partial charge >= 0.3 is 0 Å². The molecule has 4 rings (SSSR count). The number of H-pyrrole nitrogens is 1. The van der Waals surface area contributed by atoms with Crippen LogP contribution in [0.5, 0.6) is 0 Å². The lowest BCUT2D eigenvalue weighted by molar-refractivity contribution is 0.0936. The van der Waals surface area contributed by atoms with Crippen molar-refractivity contribution in [2.75, 3.05) is 0 Å². The van der Waals surface area contributed by atoms with Gasteiger partial charge in [-0.2, -0.15) is 0 Å². The van der Waals surface area contributed by atoms with E-state index in [0.29, 0.717) is 4.88 Å². The van der Waals surface area contributed by atoms with Crippen LogP contribution in [0.3, 0.4) is 0 Å². The highest BCUT2D eigenvalue weighted by atomic mass is 32.1. The smallest absolute Gasteiger partial charge is 0.263 e. The van der Waals surface area contributed by atoms with E-state index >= 15 is 0 Å². The molecule has 0 fully saturated rings. The zero-order valence-corrected chi connectivity index (χ0v) is 13.8. The van der Waals surface area contributed by atoms with Crippen molar-refractivity contribution >= 4 is 17.2 Å². The molecule has 1 amide bonds. The normalized spacial score (nSPS) is 16.6. The lowest BCUT2D eigenvalue weighted by Gasteiger charge is -2.25. The summed E-state index contributed by atoms with van der Waals surface area (Å²) in [7, 11) is 0. The first-order chi connectivity index (χ1) is 11.7. The molecule has 0 aliphatic heterocycles. The van der Waals surface area contributed by atoms with Crippen LogP contribution in [-0.2, 0) is 6.42 Å². The summed E-state index contributed by atoms with van der Waals surface area (Å²) in [4.78, 5) is 27.9. The Bertz CT molecular complexity index is 924. The maximum absolute atomic E-state index is 12.8. The molecule has 1 aliphatic carbocycles. The zero-order chi connectivity index (χ0) is 16.5. The van der Waals surface area contributed by atoms with Crippen molar-refractivity contribution in [1.29, 1.82) is 0 Å². The zero-order valence-electron chi connectivity index (χ0n) is 13.0. The molecule has 0 saturated heterocycles. The van der Waals surface area contributed by atoms with Gasteiger partial charge in [0.05, 0.1) is 11.7 Å². The van der Waals surface area contributed by atoms with Crippen molar-refractivity contribution in [1.82, 2.24) is 14.9 Å². The molecule has 1 aliphatic rings. The number of carbonyl (C=O) groups is 1. The van der Waals surface area contributed by atoms with Gasteiger partial charge in [-0.1, -0.05) is 0 Å². The lowest BCUT2D eigenvalue weighted by Crippen LogP contribution is -2.32. The number of aromatic amines is 1. The Labute approximate surface area is 143 Å². The summed E-state index contributed by atoms with van der Waals surface area (Å²) in [6.07, 6.45) is 6.55. The van der Waals surface area contributed by atoms with E-state index in [4.69, 9.17) is 0 Å². The number of carbonyl (C=O) groups excluding carboxylic acids is 1. The number of rotatable bonds is 3. The predicted octanol–water partition coefficient (Wildman–Crippen LogP) is 3.03. The van der Waals surface area contributed by atoms with Crippen LogP contribution in [0, 0.1) is 0 Å². The first kappa shape index (κ1) is 15.0. The van der Waals surface area contributed by atoms with Gasteiger partial charge in [-0.05, 0) is 54.5 Å². The summed E-state index contributed by atoms with van der Waals surface area (Å²) >= 11 is 1.44. The third-order valence-corrected chi connectivity index (χ3v) is 5.27. The van der Waals surface area contributed by atoms with Crippen LogP contribution in [-0.4, -0.2) is 15.5 Å². The van der Waals surface area contributed by atoms with Crippen LogP contribution < -0.4 is 10.9 Å². The van der Waals surface area contributed by atoms with Crippen molar-refractivity contribution < 1.29 is 4.79 Å². The molecule has 6 heteroatoms. The molecule has 0 saturated carbocycles. The number of amides is 1. The standard InChI is InChI=1S/C18H17N3O2S/c22-16-7-6-12-13(19-16)4-3-5-14(12)20-18(23)17-15(8-11-24-17)21-9-1-2-10-21/h1-2,6-11,14H,3-5H2,(H,19,22)(H,20,23). The van der Waals surface area contributed by atoms with Gasteiger partial charge in [0.25, 0.3) is 5.91 Å². The monoisotopic (exact) mass is 339 g/mol. The molecule has 24 heavy (non-hydrogen) atoms. The molecule has 0 aromatic carbocycles.